The second-order valence-corrected chi connectivity index (χ2v) is 6.60. The molecule has 0 aromatic rings. The van der Waals surface area contributed by atoms with E-state index >= 15 is 0 Å². The van der Waals surface area contributed by atoms with Crippen LogP contribution in [0, 0.1) is 11.8 Å². The molecule has 6 heteroatoms. The Balaban J connectivity index is 2.47. The number of hydrogen-bond acceptors (Lipinski definition) is 4. The van der Waals surface area contributed by atoms with Gasteiger partial charge in [0.25, 0.3) is 0 Å². The molecule has 6 nitrogen and oxygen atoms in total. The third kappa shape index (κ3) is 7.99. The third-order valence-electron chi connectivity index (χ3n) is 3.84. The standard InChI is InChI=1S/C18H35N3O3/c1-5-19-18(20-10-8-12-23-14-15(3)4)21-11-7-9-16(13-21)17(22)24-6-2/h15-16H,5-14H2,1-4H3,(H,19,20). The van der Waals surface area contributed by atoms with Crippen LogP contribution in [0.4, 0.5) is 0 Å². The summed E-state index contributed by atoms with van der Waals surface area (Å²) in [5.41, 5.74) is 0. The van der Waals surface area contributed by atoms with E-state index in [1.54, 1.807) is 0 Å². The molecule has 1 N–H and O–H groups in total. The first kappa shape index (κ1) is 20.7. The average Bonchev–Trinajstić information content (AvgIpc) is 2.57. The van der Waals surface area contributed by atoms with E-state index in [0.29, 0.717) is 19.1 Å². The van der Waals surface area contributed by atoms with Gasteiger partial charge in [-0.05, 0) is 39.0 Å². The number of hydrogen-bond donors (Lipinski definition) is 1. The maximum atomic E-state index is 12.0. The van der Waals surface area contributed by atoms with Crippen molar-refractivity contribution in [1.82, 2.24) is 10.2 Å². The van der Waals surface area contributed by atoms with Crippen molar-refractivity contribution in [3.63, 3.8) is 0 Å². The molecule has 0 bridgehead atoms. The Morgan fingerprint density at radius 2 is 2.17 bits per heavy atom. The van der Waals surface area contributed by atoms with Gasteiger partial charge in [-0.25, -0.2) is 0 Å². The summed E-state index contributed by atoms with van der Waals surface area (Å²) < 4.78 is 10.8. The highest BCUT2D eigenvalue weighted by Gasteiger charge is 2.28. The van der Waals surface area contributed by atoms with E-state index in [2.05, 4.69) is 31.0 Å². The summed E-state index contributed by atoms with van der Waals surface area (Å²) in [6, 6.07) is 0. The third-order valence-corrected chi connectivity index (χ3v) is 3.84. The fraction of sp³-hybridized carbons (Fsp3) is 0.889. The van der Waals surface area contributed by atoms with Gasteiger partial charge in [-0.3, -0.25) is 9.79 Å². The SMILES string of the molecule is CCNC(=NCCCOCC(C)C)N1CCCC(C(=O)OCC)C1. The predicted octanol–water partition coefficient (Wildman–Crippen LogP) is 2.29. The molecule has 1 saturated heterocycles. The van der Waals surface area contributed by atoms with Crippen molar-refractivity contribution in [1.29, 1.82) is 0 Å². The van der Waals surface area contributed by atoms with Crippen LogP contribution in [0.2, 0.25) is 0 Å². The molecule has 0 radical (unpaired) electrons. The number of carbonyl (C=O) groups excluding carboxylic acids is 1. The van der Waals surface area contributed by atoms with Gasteiger partial charge in [-0.2, -0.15) is 0 Å². The maximum Gasteiger partial charge on any atom is 0.310 e. The number of likely N-dealkylation sites (tertiary alicyclic amines) is 1. The number of piperidine rings is 1. The van der Waals surface area contributed by atoms with Gasteiger partial charge >= 0.3 is 5.97 Å². The molecule has 140 valence electrons. The van der Waals surface area contributed by atoms with Crippen LogP contribution in [-0.2, 0) is 14.3 Å². The molecule has 1 unspecified atom stereocenters. The van der Waals surface area contributed by atoms with E-state index in [4.69, 9.17) is 14.5 Å². The minimum atomic E-state index is -0.0832. The van der Waals surface area contributed by atoms with Gasteiger partial charge in [0.2, 0.25) is 0 Å². The van der Waals surface area contributed by atoms with Crippen LogP contribution >= 0.6 is 0 Å². The first-order chi connectivity index (χ1) is 11.6. The summed E-state index contributed by atoms with van der Waals surface area (Å²) in [5, 5.41) is 3.34. The summed E-state index contributed by atoms with van der Waals surface area (Å²) in [4.78, 5) is 18.9. The number of rotatable bonds is 9. The lowest BCUT2D eigenvalue weighted by atomic mass is 9.98. The zero-order chi connectivity index (χ0) is 17.8. The minimum Gasteiger partial charge on any atom is -0.466 e. The summed E-state index contributed by atoms with van der Waals surface area (Å²) in [6.07, 6.45) is 2.81. The van der Waals surface area contributed by atoms with E-state index in [1.807, 2.05) is 6.92 Å². The molecule has 0 aliphatic carbocycles. The van der Waals surface area contributed by atoms with Crippen LogP contribution in [0.5, 0.6) is 0 Å². The molecule has 1 rings (SSSR count). The molecule has 1 aliphatic rings. The van der Waals surface area contributed by atoms with Gasteiger partial charge in [0.05, 0.1) is 12.5 Å². The lowest BCUT2D eigenvalue weighted by Gasteiger charge is -2.34. The van der Waals surface area contributed by atoms with Crippen molar-refractivity contribution < 1.29 is 14.3 Å². The Bertz CT molecular complexity index is 386. The molecule has 24 heavy (non-hydrogen) atoms. The maximum absolute atomic E-state index is 12.0. The molecular formula is C18H35N3O3. The van der Waals surface area contributed by atoms with Crippen LogP contribution in [0.1, 0.15) is 47.0 Å². The molecule has 1 aliphatic heterocycles. The summed E-state index contributed by atoms with van der Waals surface area (Å²) in [6.45, 7) is 13.4. The Morgan fingerprint density at radius 3 is 2.83 bits per heavy atom. The lowest BCUT2D eigenvalue weighted by molar-refractivity contribution is -0.149. The number of esters is 1. The van der Waals surface area contributed by atoms with E-state index in [0.717, 1.165) is 58.1 Å². The zero-order valence-corrected chi connectivity index (χ0v) is 15.8. The van der Waals surface area contributed by atoms with Crippen LogP contribution in [0.3, 0.4) is 0 Å². The summed E-state index contributed by atoms with van der Waals surface area (Å²) in [5.74, 6) is 1.34. The van der Waals surface area contributed by atoms with Gasteiger partial charge in [0.1, 0.15) is 0 Å². The highest BCUT2D eigenvalue weighted by molar-refractivity contribution is 5.81. The quantitative estimate of drug-likeness (QED) is 0.302. The topological polar surface area (TPSA) is 63.2 Å². The van der Waals surface area contributed by atoms with Crippen molar-refractivity contribution in [3.8, 4) is 0 Å². The largest absolute Gasteiger partial charge is 0.466 e. The fourth-order valence-electron chi connectivity index (χ4n) is 2.72. The number of nitrogens with one attached hydrogen (secondary N) is 1. The number of nitrogens with zero attached hydrogens (tertiary/aromatic N) is 2. The van der Waals surface area contributed by atoms with E-state index in [-0.39, 0.29) is 11.9 Å². The first-order valence-corrected chi connectivity index (χ1v) is 9.36. The van der Waals surface area contributed by atoms with Gasteiger partial charge in [0, 0.05) is 39.4 Å². The Kier molecular flexibility index (Phi) is 10.5. The second kappa shape index (κ2) is 12.1. The van der Waals surface area contributed by atoms with Crippen LogP contribution in [0.25, 0.3) is 0 Å². The van der Waals surface area contributed by atoms with Gasteiger partial charge in [0.15, 0.2) is 5.96 Å². The normalized spacial score (nSPS) is 18.8. The molecular weight excluding hydrogens is 306 g/mol. The van der Waals surface area contributed by atoms with E-state index in [1.165, 1.54) is 0 Å². The lowest BCUT2D eigenvalue weighted by Crippen LogP contribution is -2.48. The van der Waals surface area contributed by atoms with Crippen molar-refractivity contribution in [2.24, 2.45) is 16.8 Å². The fourth-order valence-corrected chi connectivity index (χ4v) is 2.72. The predicted molar refractivity (Wildman–Crippen MR) is 97.2 cm³/mol. The second-order valence-electron chi connectivity index (χ2n) is 6.60. The Morgan fingerprint density at radius 1 is 1.38 bits per heavy atom. The van der Waals surface area contributed by atoms with Crippen molar-refractivity contribution in [2.75, 3.05) is 46.0 Å². The van der Waals surface area contributed by atoms with Crippen LogP contribution in [0.15, 0.2) is 4.99 Å². The minimum absolute atomic E-state index is 0.0445. The van der Waals surface area contributed by atoms with Gasteiger partial charge in [-0.1, -0.05) is 13.8 Å². The molecule has 0 aromatic heterocycles. The van der Waals surface area contributed by atoms with Crippen molar-refractivity contribution in [3.05, 3.63) is 0 Å². The molecule has 1 heterocycles. The molecule has 0 aromatic carbocycles. The zero-order valence-electron chi connectivity index (χ0n) is 15.8. The highest BCUT2D eigenvalue weighted by atomic mass is 16.5. The van der Waals surface area contributed by atoms with Gasteiger partial charge < -0.3 is 19.7 Å². The molecule has 1 fully saturated rings. The Hall–Kier alpha value is -1.30. The molecule has 0 saturated carbocycles. The summed E-state index contributed by atoms with van der Waals surface area (Å²) >= 11 is 0. The van der Waals surface area contributed by atoms with Crippen LogP contribution in [-0.4, -0.2) is 62.8 Å². The van der Waals surface area contributed by atoms with Crippen LogP contribution < -0.4 is 5.32 Å². The summed E-state index contributed by atoms with van der Waals surface area (Å²) in [7, 11) is 0. The molecule has 0 amide bonds. The number of guanidine groups is 1. The van der Waals surface area contributed by atoms with E-state index in [9.17, 15) is 4.79 Å². The highest BCUT2D eigenvalue weighted by Crippen LogP contribution is 2.18. The molecule has 0 spiro atoms. The number of carbonyl (C=O) groups is 1. The number of aliphatic imine (C=N–C) groups is 1. The number of ether oxygens (including phenoxy) is 2. The van der Waals surface area contributed by atoms with Crippen molar-refractivity contribution >= 4 is 11.9 Å². The average molecular weight is 341 g/mol. The monoisotopic (exact) mass is 341 g/mol. The van der Waals surface area contributed by atoms with E-state index < -0.39 is 0 Å². The Labute approximate surface area is 147 Å². The van der Waals surface area contributed by atoms with Crippen molar-refractivity contribution in [2.45, 2.75) is 47.0 Å². The smallest absolute Gasteiger partial charge is 0.310 e. The molecule has 1 atom stereocenters. The van der Waals surface area contributed by atoms with Gasteiger partial charge in [-0.15, -0.1) is 0 Å². The first-order valence-electron chi connectivity index (χ1n) is 9.36.